The zero-order chi connectivity index (χ0) is 18.7. The molecule has 0 aromatic rings. The van der Waals surface area contributed by atoms with Crippen molar-refractivity contribution in [2.75, 3.05) is 20.3 Å². The summed E-state index contributed by atoms with van der Waals surface area (Å²) in [6.07, 6.45) is -9.20. The molecule has 1 amide bonds. The highest BCUT2D eigenvalue weighted by Crippen LogP contribution is 2.32. The van der Waals surface area contributed by atoms with Crippen molar-refractivity contribution in [3.8, 4) is 0 Å². The number of hydrogen-bond donors (Lipinski definition) is 8. The molecule has 0 aromatic heterocycles. The van der Waals surface area contributed by atoms with Crippen molar-refractivity contribution in [3.05, 3.63) is 0 Å². The molecule has 1 aliphatic heterocycles. The zero-order valence-corrected chi connectivity index (χ0v) is 12.8. The highest BCUT2D eigenvalue weighted by Gasteiger charge is 2.61. The SMILES string of the molecule is COC1[C@H](O)[C@@H](NC(=O)CN)[C@H]([C@H](O)[C@H](O)CO)OC1(O)C(=O)O. The van der Waals surface area contributed by atoms with E-state index >= 15 is 0 Å². The molecule has 24 heavy (non-hydrogen) atoms. The Balaban J connectivity index is 3.26. The summed E-state index contributed by atoms with van der Waals surface area (Å²) in [5, 5.41) is 60.3. The van der Waals surface area contributed by atoms with Crippen LogP contribution in [0.15, 0.2) is 0 Å². The first-order valence-electron chi connectivity index (χ1n) is 6.94. The molecular weight excluding hydrogens is 332 g/mol. The average molecular weight is 354 g/mol. The standard InChI is InChI=1S/C12H22N2O10/c1-23-10-8(19)6(14-5(17)2-13)9(7(18)4(16)3-15)24-12(10,22)11(20)21/h4,6-10,15-16,18-19,22H,2-3,13H2,1H3,(H,14,17)(H,20,21)/t4-,6-,7-,8-,9-,10?,12?/m1/s1. The van der Waals surface area contributed by atoms with E-state index in [9.17, 15) is 30.0 Å². The quantitative estimate of drug-likeness (QED) is 0.216. The summed E-state index contributed by atoms with van der Waals surface area (Å²) < 4.78 is 9.71. The van der Waals surface area contributed by atoms with Crippen LogP contribution in [0.4, 0.5) is 0 Å². The molecule has 12 heteroatoms. The van der Waals surface area contributed by atoms with Crippen molar-refractivity contribution < 1.29 is 49.7 Å². The maximum atomic E-state index is 11.5. The van der Waals surface area contributed by atoms with Gasteiger partial charge in [0.2, 0.25) is 5.91 Å². The highest BCUT2D eigenvalue weighted by atomic mass is 16.7. The zero-order valence-electron chi connectivity index (χ0n) is 12.8. The van der Waals surface area contributed by atoms with Crippen molar-refractivity contribution in [2.24, 2.45) is 5.73 Å². The predicted molar refractivity (Wildman–Crippen MR) is 74.3 cm³/mol. The largest absolute Gasteiger partial charge is 0.477 e. The van der Waals surface area contributed by atoms with Gasteiger partial charge in [0.15, 0.2) is 6.10 Å². The lowest BCUT2D eigenvalue weighted by Crippen LogP contribution is -2.74. The lowest BCUT2D eigenvalue weighted by atomic mass is 9.86. The number of ether oxygens (including phenoxy) is 2. The average Bonchev–Trinajstić information content (AvgIpc) is 2.55. The molecule has 9 N–H and O–H groups in total. The van der Waals surface area contributed by atoms with E-state index in [0.29, 0.717) is 0 Å². The Bertz CT molecular complexity index is 463. The topological polar surface area (TPSA) is 212 Å². The number of carboxylic acids is 1. The van der Waals surface area contributed by atoms with E-state index in [1.165, 1.54) is 0 Å². The van der Waals surface area contributed by atoms with Gasteiger partial charge in [0, 0.05) is 7.11 Å². The van der Waals surface area contributed by atoms with Crippen LogP contribution in [0.25, 0.3) is 0 Å². The number of hydrogen-bond acceptors (Lipinski definition) is 10. The summed E-state index contributed by atoms with van der Waals surface area (Å²) in [7, 11) is 0.992. The number of aliphatic hydroxyl groups is 5. The van der Waals surface area contributed by atoms with E-state index in [1.807, 2.05) is 0 Å². The molecule has 0 aromatic carbocycles. The number of carbonyl (C=O) groups excluding carboxylic acids is 1. The van der Waals surface area contributed by atoms with Crippen LogP contribution in [0.5, 0.6) is 0 Å². The fourth-order valence-electron chi connectivity index (χ4n) is 2.45. The van der Waals surface area contributed by atoms with Gasteiger partial charge in [-0.1, -0.05) is 0 Å². The summed E-state index contributed by atoms with van der Waals surface area (Å²) in [5.74, 6) is -5.78. The molecule has 1 fully saturated rings. The number of carbonyl (C=O) groups is 2. The van der Waals surface area contributed by atoms with Gasteiger partial charge in [0.25, 0.3) is 5.79 Å². The summed E-state index contributed by atoms with van der Waals surface area (Å²) in [5.41, 5.74) is 5.15. The van der Waals surface area contributed by atoms with E-state index in [0.717, 1.165) is 7.11 Å². The van der Waals surface area contributed by atoms with Crippen molar-refractivity contribution in [1.82, 2.24) is 5.32 Å². The second-order valence-corrected chi connectivity index (χ2v) is 5.27. The van der Waals surface area contributed by atoms with Crippen LogP contribution in [0, 0.1) is 0 Å². The number of aliphatic hydroxyl groups excluding tert-OH is 4. The maximum absolute atomic E-state index is 11.5. The molecule has 0 saturated carbocycles. The third-order valence-corrected chi connectivity index (χ3v) is 3.72. The highest BCUT2D eigenvalue weighted by molar-refractivity contribution is 5.79. The summed E-state index contributed by atoms with van der Waals surface area (Å²) in [4.78, 5) is 22.8. The van der Waals surface area contributed by atoms with Crippen LogP contribution < -0.4 is 11.1 Å². The van der Waals surface area contributed by atoms with Crippen LogP contribution in [-0.4, -0.2) is 105 Å². The molecule has 1 rings (SSSR count). The van der Waals surface area contributed by atoms with E-state index in [1.54, 1.807) is 0 Å². The summed E-state index contributed by atoms with van der Waals surface area (Å²) >= 11 is 0. The lowest BCUT2D eigenvalue weighted by Gasteiger charge is -2.48. The van der Waals surface area contributed by atoms with E-state index in [4.69, 9.17) is 25.4 Å². The molecule has 1 heterocycles. The number of methoxy groups -OCH3 is 1. The first kappa shape index (κ1) is 20.7. The Morgan fingerprint density at radius 1 is 1.42 bits per heavy atom. The van der Waals surface area contributed by atoms with Gasteiger partial charge in [0.1, 0.15) is 24.4 Å². The second kappa shape index (κ2) is 8.13. The number of aliphatic carboxylic acids is 1. The van der Waals surface area contributed by atoms with Gasteiger partial charge in [-0.25, -0.2) is 4.79 Å². The van der Waals surface area contributed by atoms with Crippen molar-refractivity contribution in [3.63, 3.8) is 0 Å². The molecule has 0 radical (unpaired) electrons. The number of nitrogens with two attached hydrogens (primary N) is 1. The van der Waals surface area contributed by atoms with Crippen molar-refractivity contribution in [2.45, 2.75) is 42.3 Å². The van der Waals surface area contributed by atoms with Crippen LogP contribution >= 0.6 is 0 Å². The molecule has 7 atom stereocenters. The van der Waals surface area contributed by atoms with Gasteiger partial charge in [-0.3, -0.25) is 4.79 Å². The third kappa shape index (κ3) is 3.81. The van der Waals surface area contributed by atoms with Gasteiger partial charge < -0.3 is 51.2 Å². The first-order valence-corrected chi connectivity index (χ1v) is 6.94. The normalized spacial score (nSPS) is 36.0. The third-order valence-electron chi connectivity index (χ3n) is 3.72. The molecule has 0 bridgehead atoms. The van der Waals surface area contributed by atoms with Crippen LogP contribution in [-0.2, 0) is 19.1 Å². The monoisotopic (exact) mass is 354 g/mol. The van der Waals surface area contributed by atoms with Gasteiger partial charge in [0.05, 0.1) is 19.2 Å². The molecular formula is C12H22N2O10. The Morgan fingerprint density at radius 3 is 2.42 bits per heavy atom. The van der Waals surface area contributed by atoms with Gasteiger partial charge in [-0.15, -0.1) is 0 Å². The smallest absolute Gasteiger partial charge is 0.367 e. The fourth-order valence-corrected chi connectivity index (χ4v) is 2.45. The molecule has 12 nitrogen and oxygen atoms in total. The molecule has 0 aliphatic carbocycles. The summed E-state index contributed by atoms with van der Waals surface area (Å²) in [6, 6.07) is -1.48. The molecule has 140 valence electrons. The fraction of sp³-hybridized carbons (Fsp3) is 0.833. The minimum absolute atomic E-state index is 0.491. The summed E-state index contributed by atoms with van der Waals surface area (Å²) in [6.45, 7) is -1.41. The first-order chi connectivity index (χ1) is 11.1. The number of carboxylic acid groups (broad SMARTS) is 1. The Labute approximate surface area is 136 Å². The molecule has 1 saturated heterocycles. The predicted octanol–water partition coefficient (Wildman–Crippen LogP) is -5.31. The van der Waals surface area contributed by atoms with Crippen LogP contribution in [0.2, 0.25) is 0 Å². The lowest BCUT2D eigenvalue weighted by molar-refractivity contribution is -0.336. The number of amides is 1. The molecule has 2 unspecified atom stereocenters. The van der Waals surface area contributed by atoms with Crippen molar-refractivity contribution >= 4 is 11.9 Å². The van der Waals surface area contributed by atoms with Crippen LogP contribution in [0.3, 0.4) is 0 Å². The molecule has 0 spiro atoms. The molecule has 1 aliphatic rings. The number of nitrogens with one attached hydrogen (secondary N) is 1. The Hall–Kier alpha value is -1.38. The van der Waals surface area contributed by atoms with Gasteiger partial charge >= 0.3 is 5.97 Å². The Kier molecular flexibility index (Phi) is 7.00. The second-order valence-electron chi connectivity index (χ2n) is 5.27. The van der Waals surface area contributed by atoms with Gasteiger partial charge in [-0.05, 0) is 0 Å². The maximum Gasteiger partial charge on any atom is 0.367 e. The van der Waals surface area contributed by atoms with Crippen molar-refractivity contribution in [1.29, 1.82) is 0 Å². The Morgan fingerprint density at radius 2 is 2.00 bits per heavy atom. The van der Waals surface area contributed by atoms with E-state index in [-0.39, 0.29) is 0 Å². The number of rotatable bonds is 7. The van der Waals surface area contributed by atoms with E-state index < -0.39 is 67.4 Å². The minimum Gasteiger partial charge on any atom is -0.477 e. The van der Waals surface area contributed by atoms with Gasteiger partial charge in [-0.2, -0.15) is 0 Å². The van der Waals surface area contributed by atoms with E-state index in [2.05, 4.69) is 5.32 Å². The minimum atomic E-state index is -3.07. The van der Waals surface area contributed by atoms with Crippen LogP contribution in [0.1, 0.15) is 0 Å².